The molecule has 0 fully saturated rings. The lowest BCUT2D eigenvalue weighted by Crippen LogP contribution is -2.20. The number of aryl methyl sites for hydroxylation is 1. The molecule has 0 radical (unpaired) electrons. The molecule has 20 heavy (non-hydrogen) atoms. The number of benzene rings is 1. The second-order valence-corrected chi connectivity index (χ2v) is 4.89. The van der Waals surface area contributed by atoms with Gasteiger partial charge in [-0.25, -0.2) is 9.97 Å². The maximum atomic E-state index is 5.59. The minimum atomic E-state index is 0.605. The fourth-order valence-electron chi connectivity index (χ4n) is 2.11. The van der Waals surface area contributed by atoms with E-state index in [1.807, 2.05) is 49.5 Å². The molecule has 2 heterocycles. The minimum Gasteiger partial charge on any atom is -0.486 e. The molecule has 0 unspecified atom stereocenters. The molecule has 1 aromatic carbocycles. The van der Waals surface area contributed by atoms with Crippen molar-refractivity contribution in [2.75, 3.05) is 25.2 Å². The summed E-state index contributed by atoms with van der Waals surface area (Å²) in [5.74, 6) is 2.34. The predicted molar refractivity (Wildman–Crippen MR) is 76.3 cm³/mol. The third-order valence-electron chi connectivity index (χ3n) is 3.14. The Bertz CT molecular complexity index is 599. The lowest BCUT2D eigenvalue weighted by Gasteiger charge is -2.21. The van der Waals surface area contributed by atoms with Gasteiger partial charge in [0.15, 0.2) is 11.5 Å². The normalized spacial score (nSPS) is 13.1. The van der Waals surface area contributed by atoms with Gasteiger partial charge >= 0.3 is 0 Å². The van der Waals surface area contributed by atoms with Crippen molar-refractivity contribution in [1.82, 2.24) is 9.97 Å². The van der Waals surface area contributed by atoms with Crippen molar-refractivity contribution in [3.05, 3.63) is 41.7 Å². The Balaban J connectivity index is 1.75. The summed E-state index contributed by atoms with van der Waals surface area (Å²) in [4.78, 5) is 10.6. The zero-order valence-electron chi connectivity index (χ0n) is 11.7. The molecule has 104 valence electrons. The van der Waals surface area contributed by atoms with Crippen LogP contribution in [0, 0.1) is 6.92 Å². The van der Waals surface area contributed by atoms with E-state index in [0.717, 1.165) is 29.2 Å². The van der Waals surface area contributed by atoms with Crippen molar-refractivity contribution in [2.24, 2.45) is 0 Å². The molecule has 1 aliphatic heterocycles. The van der Waals surface area contributed by atoms with E-state index in [-0.39, 0.29) is 0 Å². The summed E-state index contributed by atoms with van der Waals surface area (Å²) >= 11 is 0. The van der Waals surface area contributed by atoms with Crippen LogP contribution in [0.15, 0.2) is 30.6 Å². The highest BCUT2D eigenvalue weighted by atomic mass is 16.6. The van der Waals surface area contributed by atoms with Crippen LogP contribution in [0.4, 0.5) is 5.95 Å². The van der Waals surface area contributed by atoms with Crippen LogP contribution in [-0.4, -0.2) is 30.2 Å². The molecule has 1 aromatic heterocycles. The maximum absolute atomic E-state index is 5.59. The van der Waals surface area contributed by atoms with Gasteiger partial charge in [-0.2, -0.15) is 0 Å². The Labute approximate surface area is 118 Å². The molecule has 0 atom stereocenters. The zero-order valence-corrected chi connectivity index (χ0v) is 11.7. The number of nitrogens with zero attached hydrogens (tertiary/aromatic N) is 3. The summed E-state index contributed by atoms with van der Waals surface area (Å²) in [5.41, 5.74) is 2.20. The van der Waals surface area contributed by atoms with Gasteiger partial charge in [-0.1, -0.05) is 6.07 Å². The molecule has 0 aliphatic carbocycles. The predicted octanol–water partition coefficient (Wildman–Crippen LogP) is 2.19. The highest BCUT2D eigenvalue weighted by molar-refractivity contribution is 5.45. The fourth-order valence-corrected chi connectivity index (χ4v) is 2.11. The first-order valence-corrected chi connectivity index (χ1v) is 6.61. The SMILES string of the molecule is Cc1cnc(N(C)Cc2ccc3c(c2)OCCO3)nc1. The number of rotatable bonds is 3. The smallest absolute Gasteiger partial charge is 0.225 e. The molecule has 3 rings (SSSR count). The molecule has 1 aliphatic rings. The summed E-state index contributed by atoms with van der Waals surface area (Å²) in [6.07, 6.45) is 3.64. The molecule has 2 aromatic rings. The molecule has 0 spiro atoms. The largest absolute Gasteiger partial charge is 0.486 e. The molecular weight excluding hydrogens is 254 g/mol. The van der Waals surface area contributed by atoms with Crippen LogP contribution in [0.3, 0.4) is 0 Å². The summed E-state index contributed by atoms with van der Waals surface area (Å²) in [5, 5.41) is 0. The van der Waals surface area contributed by atoms with E-state index in [2.05, 4.69) is 9.97 Å². The number of ether oxygens (including phenoxy) is 2. The Morgan fingerprint density at radius 1 is 1.10 bits per heavy atom. The van der Waals surface area contributed by atoms with Crippen molar-refractivity contribution < 1.29 is 9.47 Å². The molecular formula is C15H17N3O2. The first-order valence-electron chi connectivity index (χ1n) is 6.61. The van der Waals surface area contributed by atoms with E-state index in [1.54, 1.807) is 0 Å². The standard InChI is InChI=1S/C15H17N3O2/c1-11-8-16-15(17-9-11)18(2)10-12-3-4-13-14(7-12)20-6-5-19-13/h3-4,7-9H,5-6,10H2,1-2H3. The Hall–Kier alpha value is -2.30. The highest BCUT2D eigenvalue weighted by Crippen LogP contribution is 2.31. The zero-order chi connectivity index (χ0) is 13.9. The third kappa shape index (κ3) is 2.66. The van der Waals surface area contributed by atoms with Gasteiger partial charge in [0.25, 0.3) is 0 Å². The van der Waals surface area contributed by atoms with Crippen LogP contribution in [0.25, 0.3) is 0 Å². The van der Waals surface area contributed by atoms with Crippen molar-refractivity contribution >= 4 is 5.95 Å². The molecule has 5 heteroatoms. The third-order valence-corrected chi connectivity index (χ3v) is 3.14. The summed E-state index contributed by atoms with van der Waals surface area (Å²) in [7, 11) is 1.97. The summed E-state index contributed by atoms with van der Waals surface area (Å²) in [6, 6.07) is 6.01. The van der Waals surface area contributed by atoms with Crippen LogP contribution in [0.2, 0.25) is 0 Å². The molecule has 0 amide bonds. The summed E-state index contributed by atoms with van der Waals surface area (Å²) in [6.45, 7) is 3.92. The molecule has 0 saturated carbocycles. The van der Waals surface area contributed by atoms with E-state index in [4.69, 9.17) is 9.47 Å². The van der Waals surface area contributed by atoms with Gasteiger partial charge in [-0.05, 0) is 30.2 Å². The van der Waals surface area contributed by atoms with Crippen LogP contribution in [0.5, 0.6) is 11.5 Å². The van der Waals surface area contributed by atoms with E-state index >= 15 is 0 Å². The topological polar surface area (TPSA) is 47.5 Å². The Kier molecular flexibility index (Phi) is 3.41. The van der Waals surface area contributed by atoms with Gasteiger partial charge in [0, 0.05) is 26.0 Å². The first kappa shape index (κ1) is 12.7. The van der Waals surface area contributed by atoms with Crippen molar-refractivity contribution in [2.45, 2.75) is 13.5 Å². The second-order valence-electron chi connectivity index (χ2n) is 4.89. The molecule has 0 saturated heterocycles. The van der Waals surface area contributed by atoms with Gasteiger partial charge in [0.1, 0.15) is 13.2 Å². The van der Waals surface area contributed by atoms with Crippen LogP contribution < -0.4 is 14.4 Å². The number of fused-ring (bicyclic) bond motifs is 1. The Morgan fingerprint density at radius 3 is 2.55 bits per heavy atom. The number of hydrogen-bond donors (Lipinski definition) is 0. The molecule has 0 bridgehead atoms. The minimum absolute atomic E-state index is 0.605. The van der Waals surface area contributed by atoms with E-state index in [0.29, 0.717) is 19.2 Å². The lowest BCUT2D eigenvalue weighted by atomic mass is 10.2. The fraction of sp³-hybridized carbons (Fsp3) is 0.333. The van der Waals surface area contributed by atoms with Crippen molar-refractivity contribution in [3.63, 3.8) is 0 Å². The number of hydrogen-bond acceptors (Lipinski definition) is 5. The van der Waals surface area contributed by atoms with E-state index < -0.39 is 0 Å². The molecule has 5 nitrogen and oxygen atoms in total. The average molecular weight is 271 g/mol. The monoisotopic (exact) mass is 271 g/mol. The first-order chi connectivity index (χ1) is 9.72. The number of anilines is 1. The second kappa shape index (κ2) is 5.36. The molecule has 0 N–H and O–H groups in total. The van der Waals surface area contributed by atoms with E-state index in [1.165, 1.54) is 0 Å². The highest BCUT2D eigenvalue weighted by Gasteiger charge is 2.13. The van der Waals surface area contributed by atoms with E-state index in [9.17, 15) is 0 Å². The summed E-state index contributed by atoms with van der Waals surface area (Å²) < 4.78 is 11.1. The van der Waals surface area contributed by atoms with Crippen LogP contribution in [-0.2, 0) is 6.54 Å². The van der Waals surface area contributed by atoms with Gasteiger partial charge in [-0.3, -0.25) is 0 Å². The van der Waals surface area contributed by atoms with Gasteiger partial charge in [0.05, 0.1) is 0 Å². The average Bonchev–Trinajstić information content (AvgIpc) is 2.48. The van der Waals surface area contributed by atoms with Crippen LogP contribution >= 0.6 is 0 Å². The van der Waals surface area contributed by atoms with Crippen molar-refractivity contribution in [3.8, 4) is 11.5 Å². The maximum Gasteiger partial charge on any atom is 0.225 e. The van der Waals surface area contributed by atoms with Crippen LogP contribution in [0.1, 0.15) is 11.1 Å². The van der Waals surface area contributed by atoms with Crippen molar-refractivity contribution in [1.29, 1.82) is 0 Å². The number of aromatic nitrogens is 2. The Morgan fingerprint density at radius 2 is 1.80 bits per heavy atom. The van der Waals surface area contributed by atoms with Gasteiger partial charge in [-0.15, -0.1) is 0 Å². The lowest BCUT2D eigenvalue weighted by molar-refractivity contribution is 0.171. The van der Waals surface area contributed by atoms with Gasteiger partial charge in [0.2, 0.25) is 5.95 Å². The quantitative estimate of drug-likeness (QED) is 0.856. The van der Waals surface area contributed by atoms with Gasteiger partial charge < -0.3 is 14.4 Å².